The Labute approximate surface area is 120 Å². The average Bonchev–Trinajstić information content (AvgIpc) is 2.40. The molecule has 106 valence electrons. The van der Waals surface area contributed by atoms with E-state index in [-0.39, 0.29) is 5.60 Å². The van der Waals surface area contributed by atoms with E-state index in [0.717, 1.165) is 6.61 Å². The summed E-state index contributed by atoms with van der Waals surface area (Å²) in [5, 5.41) is 3.76. The molecule has 2 aliphatic heterocycles. The molecule has 0 aliphatic carbocycles. The van der Waals surface area contributed by atoms with Gasteiger partial charge >= 0.3 is 0 Å². The van der Waals surface area contributed by atoms with Crippen LogP contribution in [0.15, 0.2) is 0 Å². The Bertz CT molecular complexity index is 226. The Morgan fingerprint density at radius 1 is 1.33 bits per heavy atom. The van der Waals surface area contributed by atoms with Crippen molar-refractivity contribution in [3.8, 4) is 0 Å². The summed E-state index contributed by atoms with van der Waals surface area (Å²) in [6.45, 7) is 2.16. The van der Waals surface area contributed by atoms with Gasteiger partial charge in [0, 0.05) is 12.6 Å². The Balaban J connectivity index is 1.66. The van der Waals surface area contributed by atoms with Gasteiger partial charge in [-0.15, -0.1) is 0 Å². The number of hydrogen-bond donors (Lipinski definition) is 1. The van der Waals surface area contributed by atoms with E-state index in [1.165, 1.54) is 62.3 Å². The number of nitrogens with one attached hydrogen (secondary N) is 1. The fourth-order valence-corrected chi connectivity index (χ4v) is 4.70. The normalized spacial score (nSPS) is 27.5. The number of hydrogen-bond acceptors (Lipinski definition) is 4. The van der Waals surface area contributed by atoms with Crippen LogP contribution < -0.4 is 5.32 Å². The van der Waals surface area contributed by atoms with Gasteiger partial charge in [-0.1, -0.05) is 0 Å². The highest BCUT2D eigenvalue weighted by molar-refractivity contribution is 7.99. The minimum atomic E-state index is 0.237. The molecule has 2 rings (SSSR count). The van der Waals surface area contributed by atoms with Gasteiger partial charge in [-0.2, -0.15) is 23.5 Å². The van der Waals surface area contributed by atoms with Crippen LogP contribution >= 0.6 is 23.5 Å². The fourth-order valence-electron chi connectivity index (χ4n) is 2.97. The van der Waals surface area contributed by atoms with Gasteiger partial charge in [0.15, 0.2) is 0 Å². The van der Waals surface area contributed by atoms with Crippen molar-refractivity contribution in [2.24, 2.45) is 0 Å². The second-order valence-corrected chi connectivity index (χ2v) is 7.70. The van der Waals surface area contributed by atoms with E-state index >= 15 is 0 Å². The SMILES string of the molecule is CSCCCCNC1CCOC2(CCSCC2)C1. The first-order valence-electron chi connectivity index (χ1n) is 7.29. The van der Waals surface area contributed by atoms with Crippen molar-refractivity contribution in [1.82, 2.24) is 5.32 Å². The molecule has 4 heteroatoms. The summed E-state index contributed by atoms with van der Waals surface area (Å²) in [5.41, 5.74) is 0.237. The molecule has 1 N–H and O–H groups in total. The van der Waals surface area contributed by atoms with Crippen molar-refractivity contribution < 1.29 is 4.74 Å². The topological polar surface area (TPSA) is 21.3 Å². The third-order valence-electron chi connectivity index (χ3n) is 4.11. The Morgan fingerprint density at radius 2 is 2.17 bits per heavy atom. The monoisotopic (exact) mass is 289 g/mol. The van der Waals surface area contributed by atoms with Gasteiger partial charge in [0.25, 0.3) is 0 Å². The second kappa shape index (κ2) is 8.03. The highest BCUT2D eigenvalue weighted by Gasteiger charge is 2.38. The summed E-state index contributed by atoms with van der Waals surface area (Å²) in [7, 11) is 0. The van der Waals surface area contributed by atoms with E-state index in [9.17, 15) is 0 Å². The lowest BCUT2D eigenvalue weighted by molar-refractivity contribution is -0.0930. The quantitative estimate of drug-likeness (QED) is 0.758. The smallest absolute Gasteiger partial charge is 0.0713 e. The lowest BCUT2D eigenvalue weighted by Gasteiger charge is -2.43. The Hall–Kier alpha value is 0.620. The van der Waals surface area contributed by atoms with E-state index in [2.05, 4.69) is 23.3 Å². The van der Waals surface area contributed by atoms with E-state index in [1.807, 2.05) is 11.8 Å². The number of ether oxygens (including phenoxy) is 1. The van der Waals surface area contributed by atoms with Crippen molar-refractivity contribution in [2.75, 3.05) is 36.7 Å². The van der Waals surface area contributed by atoms with Crippen LogP contribution in [0.4, 0.5) is 0 Å². The van der Waals surface area contributed by atoms with Gasteiger partial charge in [0.05, 0.1) is 5.60 Å². The molecule has 0 aromatic rings. The zero-order chi connectivity index (χ0) is 12.7. The van der Waals surface area contributed by atoms with Crippen LogP contribution in [0.1, 0.15) is 38.5 Å². The first kappa shape index (κ1) is 15.0. The van der Waals surface area contributed by atoms with E-state index in [1.54, 1.807) is 0 Å². The molecule has 1 spiro atoms. The maximum absolute atomic E-state index is 6.12. The molecule has 1 atom stereocenters. The molecule has 2 nitrogen and oxygen atoms in total. The highest BCUT2D eigenvalue weighted by Crippen LogP contribution is 2.37. The molecule has 0 radical (unpaired) electrons. The van der Waals surface area contributed by atoms with Gasteiger partial charge in [-0.05, 0) is 68.6 Å². The van der Waals surface area contributed by atoms with Crippen LogP contribution in [-0.2, 0) is 4.74 Å². The van der Waals surface area contributed by atoms with Gasteiger partial charge in [0.1, 0.15) is 0 Å². The van der Waals surface area contributed by atoms with Gasteiger partial charge in [-0.3, -0.25) is 0 Å². The van der Waals surface area contributed by atoms with E-state index in [0.29, 0.717) is 6.04 Å². The molecule has 1 unspecified atom stereocenters. The summed E-state index contributed by atoms with van der Waals surface area (Å²) >= 11 is 4.04. The van der Waals surface area contributed by atoms with E-state index in [4.69, 9.17) is 4.74 Å². The summed E-state index contributed by atoms with van der Waals surface area (Å²) in [6, 6.07) is 0.705. The van der Waals surface area contributed by atoms with Crippen LogP contribution in [0.2, 0.25) is 0 Å². The van der Waals surface area contributed by atoms with Crippen LogP contribution in [0, 0.1) is 0 Å². The van der Waals surface area contributed by atoms with Gasteiger partial charge in [0.2, 0.25) is 0 Å². The minimum Gasteiger partial charge on any atom is -0.375 e. The zero-order valence-corrected chi connectivity index (χ0v) is 13.2. The lowest BCUT2D eigenvalue weighted by Crippen LogP contribution is -2.49. The van der Waals surface area contributed by atoms with Crippen molar-refractivity contribution in [3.05, 3.63) is 0 Å². The molecule has 18 heavy (non-hydrogen) atoms. The highest BCUT2D eigenvalue weighted by atomic mass is 32.2. The summed E-state index contributed by atoms with van der Waals surface area (Å²) in [6.07, 6.45) is 9.84. The van der Waals surface area contributed by atoms with Crippen molar-refractivity contribution in [2.45, 2.75) is 50.2 Å². The number of thioether (sulfide) groups is 2. The van der Waals surface area contributed by atoms with Crippen molar-refractivity contribution in [3.63, 3.8) is 0 Å². The van der Waals surface area contributed by atoms with Crippen LogP contribution in [0.5, 0.6) is 0 Å². The standard InChI is InChI=1S/C14H27NOS2/c1-17-9-3-2-7-15-13-4-8-16-14(12-13)5-10-18-11-6-14/h13,15H,2-12H2,1H3. The molecule has 0 aromatic carbocycles. The average molecular weight is 290 g/mol. The first-order valence-corrected chi connectivity index (χ1v) is 9.84. The molecule has 2 saturated heterocycles. The van der Waals surface area contributed by atoms with E-state index < -0.39 is 0 Å². The Kier molecular flexibility index (Phi) is 6.70. The molecule has 0 aromatic heterocycles. The van der Waals surface area contributed by atoms with Gasteiger partial charge in [-0.25, -0.2) is 0 Å². The predicted octanol–water partition coefficient (Wildman–Crippen LogP) is 3.16. The fraction of sp³-hybridized carbons (Fsp3) is 1.00. The Morgan fingerprint density at radius 3 is 2.94 bits per heavy atom. The number of unbranched alkanes of at least 4 members (excludes halogenated alkanes) is 1. The third kappa shape index (κ3) is 4.62. The molecule has 2 fully saturated rings. The van der Waals surface area contributed by atoms with Crippen LogP contribution in [0.3, 0.4) is 0 Å². The maximum atomic E-state index is 6.12. The molecule has 2 aliphatic rings. The lowest BCUT2D eigenvalue weighted by atomic mass is 9.85. The second-order valence-electron chi connectivity index (χ2n) is 5.49. The van der Waals surface area contributed by atoms with Gasteiger partial charge < -0.3 is 10.1 Å². The minimum absolute atomic E-state index is 0.237. The van der Waals surface area contributed by atoms with Crippen molar-refractivity contribution >= 4 is 23.5 Å². The van der Waals surface area contributed by atoms with Crippen LogP contribution in [0.25, 0.3) is 0 Å². The largest absolute Gasteiger partial charge is 0.375 e. The summed E-state index contributed by atoms with van der Waals surface area (Å²) < 4.78 is 6.12. The molecular formula is C14H27NOS2. The maximum Gasteiger partial charge on any atom is 0.0713 e. The predicted molar refractivity (Wildman–Crippen MR) is 83.9 cm³/mol. The first-order chi connectivity index (χ1) is 8.85. The molecule has 0 amide bonds. The number of rotatable bonds is 6. The third-order valence-corrected chi connectivity index (χ3v) is 5.79. The summed E-state index contributed by atoms with van der Waals surface area (Å²) in [5.74, 6) is 3.89. The molecule has 0 saturated carbocycles. The summed E-state index contributed by atoms with van der Waals surface area (Å²) in [4.78, 5) is 0. The van der Waals surface area contributed by atoms with Crippen LogP contribution in [-0.4, -0.2) is 48.3 Å². The molecular weight excluding hydrogens is 262 g/mol. The zero-order valence-electron chi connectivity index (χ0n) is 11.6. The molecule has 0 bridgehead atoms. The van der Waals surface area contributed by atoms with Crippen molar-refractivity contribution in [1.29, 1.82) is 0 Å². The molecule has 2 heterocycles.